The predicted molar refractivity (Wildman–Crippen MR) is 61.4 cm³/mol. The quantitative estimate of drug-likeness (QED) is 0.850. The molecule has 92 valence electrons. The van der Waals surface area contributed by atoms with Crippen molar-refractivity contribution in [3.8, 4) is 5.75 Å². The summed E-state index contributed by atoms with van der Waals surface area (Å²) in [5.74, 6) is -0.155. The highest BCUT2D eigenvalue weighted by molar-refractivity contribution is 5.94. The molecule has 1 amide bonds. The zero-order valence-corrected chi connectivity index (χ0v) is 9.65. The minimum absolute atomic E-state index is 0.144. The maximum atomic E-state index is 13.4. The molecule has 4 nitrogen and oxygen atoms in total. The maximum absolute atomic E-state index is 13.4. The Morgan fingerprint density at radius 3 is 2.82 bits per heavy atom. The fourth-order valence-electron chi connectivity index (χ4n) is 1.87. The van der Waals surface area contributed by atoms with Crippen molar-refractivity contribution in [2.45, 2.75) is 0 Å². The molecule has 1 aliphatic rings. The number of halogens is 1. The smallest absolute Gasteiger partial charge is 0.253 e. The molecule has 1 aromatic rings. The number of hydrogen-bond acceptors (Lipinski definition) is 3. The summed E-state index contributed by atoms with van der Waals surface area (Å²) < 4.78 is 18.2. The average Bonchev–Trinajstić information content (AvgIpc) is 2.27. The van der Waals surface area contributed by atoms with Gasteiger partial charge in [0.15, 0.2) is 11.6 Å². The van der Waals surface area contributed by atoms with E-state index >= 15 is 0 Å². The number of rotatable bonds is 3. The molecule has 0 saturated carbocycles. The highest BCUT2D eigenvalue weighted by Crippen LogP contribution is 2.21. The lowest BCUT2D eigenvalue weighted by atomic mass is 9.99. The first kappa shape index (κ1) is 11.9. The fraction of sp³-hybridized carbons (Fsp3) is 0.417. The van der Waals surface area contributed by atoms with Crippen LogP contribution < -0.4 is 10.5 Å². The molecule has 0 atom stereocenters. The van der Waals surface area contributed by atoms with Gasteiger partial charge in [-0.2, -0.15) is 0 Å². The number of hydrogen-bond donors (Lipinski definition) is 1. The number of amides is 1. The second kappa shape index (κ2) is 4.71. The van der Waals surface area contributed by atoms with Gasteiger partial charge in [-0.25, -0.2) is 4.39 Å². The van der Waals surface area contributed by atoms with Crippen LogP contribution in [0, 0.1) is 11.7 Å². The Bertz CT molecular complexity index is 431. The van der Waals surface area contributed by atoms with Gasteiger partial charge in [-0.15, -0.1) is 0 Å². The van der Waals surface area contributed by atoms with Gasteiger partial charge >= 0.3 is 0 Å². The summed E-state index contributed by atoms with van der Waals surface area (Å²) in [4.78, 5) is 13.6. The number of ether oxygens (including phenoxy) is 1. The van der Waals surface area contributed by atoms with Crippen molar-refractivity contribution in [1.82, 2.24) is 4.90 Å². The zero-order chi connectivity index (χ0) is 12.4. The van der Waals surface area contributed by atoms with E-state index in [0.29, 0.717) is 31.1 Å². The van der Waals surface area contributed by atoms with Crippen LogP contribution in [0.25, 0.3) is 0 Å². The minimum Gasteiger partial charge on any atom is -0.494 e. The number of methoxy groups -OCH3 is 1. The van der Waals surface area contributed by atoms with Gasteiger partial charge in [0.2, 0.25) is 0 Å². The molecule has 2 rings (SSSR count). The third kappa shape index (κ3) is 2.24. The molecule has 0 aliphatic carbocycles. The van der Waals surface area contributed by atoms with Crippen LogP contribution in [0.4, 0.5) is 4.39 Å². The van der Waals surface area contributed by atoms with E-state index in [-0.39, 0.29) is 11.7 Å². The van der Waals surface area contributed by atoms with Crippen molar-refractivity contribution in [3.05, 3.63) is 29.6 Å². The van der Waals surface area contributed by atoms with Crippen LogP contribution in [0.2, 0.25) is 0 Å². The first-order chi connectivity index (χ1) is 8.15. The van der Waals surface area contributed by atoms with E-state index < -0.39 is 5.82 Å². The Morgan fingerprint density at radius 1 is 1.59 bits per heavy atom. The number of likely N-dealkylation sites (tertiary alicyclic amines) is 1. The minimum atomic E-state index is -0.519. The summed E-state index contributed by atoms with van der Waals surface area (Å²) in [6.07, 6.45) is 0. The van der Waals surface area contributed by atoms with Crippen LogP contribution in [0.3, 0.4) is 0 Å². The van der Waals surface area contributed by atoms with Gasteiger partial charge < -0.3 is 15.4 Å². The average molecular weight is 238 g/mol. The molecule has 0 unspecified atom stereocenters. The van der Waals surface area contributed by atoms with E-state index in [1.54, 1.807) is 11.0 Å². The lowest BCUT2D eigenvalue weighted by Crippen LogP contribution is -2.52. The summed E-state index contributed by atoms with van der Waals surface area (Å²) in [6, 6.07) is 4.24. The van der Waals surface area contributed by atoms with Crippen molar-refractivity contribution < 1.29 is 13.9 Å². The second-order valence-electron chi connectivity index (χ2n) is 4.16. The van der Waals surface area contributed by atoms with Crippen molar-refractivity contribution in [2.75, 3.05) is 26.7 Å². The Balaban J connectivity index is 2.08. The molecule has 0 radical (unpaired) electrons. The summed E-state index contributed by atoms with van der Waals surface area (Å²) in [7, 11) is 1.39. The monoisotopic (exact) mass is 238 g/mol. The van der Waals surface area contributed by atoms with Crippen LogP contribution >= 0.6 is 0 Å². The summed E-state index contributed by atoms with van der Waals surface area (Å²) in [5, 5.41) is 0. The summed E-state index contributed by atoms with van der Waals surface area (Å²) in [6.45, 7) is 1.90. The van der Waals surface area contributed by atoms with Crippen LogP contribution in [-0.2, 0) is 0 Å². The Hall–Kier alpha value is -1.62. The van der Waals surface area contributed by atoms with E-state index in [9.17, 15) is 9.18 Å². The highest BCUT2D eigenvalue weighted by atomic mass is 19.1. The summed E-state index contributed by atoms with van der Waals surface area (Å²) in [5.41, 5.74) is 5.83. The largest absolute Gasteiger partial charge is 0.494 e. The van der Waals surface area contributed by atoms with Gasteiger partial charge in [-0.1, -0.05) is 0 Å². The predicted octanol–water partition coefficient (Wildman–Crippen LogP) is 0.865. The number of nitrogens with zero attached hydrogens (tertiary/aromatic N) is 1. The fourth-order valence-corrected chi connectivity index (χ4v) is 1.87. The Labute approximate surface area is 99.2 Å². The van der Waals surface area contributed by atoms with Crippen molar-refractivity contribution in [3.63, 3.8) is 0 Å². The van der Waals surface area contributed by atoms with Crippen molar-refractivity contribution in [1.29, 1.82) is 0 Å². The molecule has 0 spiro atoms. The molecule has 0 bridgehead atoms. The normalized spacial score (nSPS) is 15.6. The standard InChI is InChI=1S/C12H15FN2O2/c1-17-11-3-2-9(4-10(11)13)12(16)15-6-8(5-14)7-15/h2-4,8H,5-7,14H2,1H3. The Kier molecular flexibility index (Phi) is 3.28. The van der Waals surface area contributed by atoms with Gasteiger partial charge in [0, 0.05) is 24.6 Å². The van der Waals surface area contributed by atoms with Crippen LogP contribution in [0.5, 0.6) is 5.75 Å². The van der Waals surface area contributed by atoms with E-state index in [2.05, 4.69) is 0 Å². The third-order valence-electron chi connectivity index (χ3n) is 2.98. The van der Waals surface area contributed by atoms with Crippen LogP contribution in [0.15, 0.2) is 18.2 Å². The van der Waals surface area contributed by atoms with Gasteiger partial charge in [0.1, 0.15) is 0 Å². The maximum Gasteiger partial charge on any atom is 0.253 e. The van der Waals surface area contributed by atoms with Crippen molar-refractivity contribution >= 4 is 5.91 Å². The van der Waals surface area contributed by atoms with Crippen LogP contribution in [-0.4, -0.2) is 37.6 Å². The third-order valence-corrected chi connectivity index (χ3v) is 2.98. The first-order valence-corrected chi connectivity index (χ1v) is 5.48. The lowest BCUT2D eigenvalue weighted by molar-refractivity contribution is 0.0515. The molecule has 1 aliphatic heterocycles. The molecule has 17 heavy (non-hydrogen) atoms. The van der Waals surface area contributed by atoms with E-state index in [1.165, 1.54) is 19.2 Å². The Morgan fingerprint density at radius 2 is 2.29 bits per heavy atom. The molecule has 1 heterocycles. The molecule has 1 fully saturated rings. The van der Waals surface area contributed by atoms with E-state index in [4.69, 9.17) is 10.5 Å². The van der Waals surface area contributed by atoms with Gasteiger partial charge in [0.25, 0.3) is 5.91 Å². The number of benzene rings is 1. The molecule has 0 aromatic heterocycles. The van der Waals surface area contributed by atoms with E-state index in [1.807, 2.05) is 0 Å². The molecular weight excluding hydrogens is 223 g/mol. The second-order valence-corrected chi connectivity index (χ2v) is 4.16. The number of carbonyl (C=O) groups is 1. The summed E-state index contributed by atoms with van der Waals surface area (Å²) >= 11 is 0. The van der Waals surface area contributed by atoms with Gasteiger partial charge in [-0.05, 0) is 24.7 Å². The van der Waals surface area contributed by atoms with Gasteiger partial charge in [-0.3, -0.25) is 4.79 Å². The topological polar surface area (TPSA) is 55.6 Å². The number of carbonyl (C=O) groups excluding carboxylic acids is 1. The molecule has 1 aromatic carbocycles. The number of nitrogens with two attached hydrogens (primary N) is 1. The molecule has 2 N–H and O–H groups in total. The van der Waals surface area contributed by atoms with Gasteiger partial charge in [0.05, 0.1) is 7.11 Å². The molecule has 5 heteroatoms. The zero-order valence-electron chi connectivity index (χ0n) is 9.65. The molecular formula is C12H15FN2O2. The van der Waals surface area contributed by atoms with Crippen molar-refractivity contribution in [2.24, 2.45) is 11.7 Å². The van der Waals surface area contributed by atoms with Crippen LogP contribution in [0.1, 0.15) is 10.4 Å². The SMILES string of the molecule is COc1ccc(C(=O)N2CC(CN)C2)cc1F. The molecule has 1 saturated heterocycles. The highest BCUT2D eigenvalue weighted by Gasteiger charge is 2.30. The van der Waals surface area contributed by atoms with E-state index in [0.717, 1.165) is 0 Å². The first-order valence-electron chi connectivity index (χ1n) is 5.48. The lowest BCUT2D eigenvalue weighted by Gasteiger charge is -2.38.